The van der Waals surface area contributed by atoms with Crippen molar-refractivity contribution in [3.8, 4) is 11.8 Å². The summed E-state index contributed by atoms with van der Waals surface area (Å²) in [6, 6.07) is 3.47. The molecule has 0 bridgehead atoms. The lowest BCUT2D eigenvalue weighted by atomic mass is 10.2. The Hall–Kier alpha value is -1.85. The highest BCUT2D eigenvalue weighted by molar-refractivity contribution is 9.11. The van der Waals surface area contributed by atoms with E-state index in [0.29, 0.717) is 11.3 Å². The second-order valence-electron chi connectivity index (χ2n) is 4.43. The molecular weight excluding hydrogens is 421 g/mol. The van der Waals surface area contributed by atoms with Crippen LogP contribution in [0, 0.1) is 24.1 Å². The van der Waals surface area contributed by atoms with E-state index in [2.05, 4.69) is 31.9 Å². The number of hydrogen-bond acceptors (Lipinski definition) is 4. The first kappa shape index (κ1) is 16.5. The number of rotatable bonds is 2. The lowest BCUT2D eigenvalue weighted by molar-refractivity contribution is 0.0593. The Bertz CT molecular complexity index is 825. The predicted molar refractivity (Wildman–Crippen MR) is 86.3 cm³/mol. The zero-order valence-corrected chi connectivity index (χ0v) is 14.7. The van der Waals surface area contributed by atoms with E-state index < -0.39 is 11.8 Å². The second kappa shape index (κ2) is 6.10. The van der Waals surface area contributed by atoms with Gasteiger partial charge in [0.2, 0.25) is 0 Å². The normalized spacial score (nSPS) is 10.4. The molecular formula is C14H10Br2FN3O2. The highest BCUT2D eigenvalue weighted by atomic mass is 79.9. The van der Waals surface area contributed by atoms with Gasteiger partial charge >= 0.3 is 5.97 Å². The summed E-state index contributed by atoms with van der Waals surface area (Å²) in [7, 11) is 1.20. The summed E-state index contributed by atoms with van der Waals surface area (Å²) in [6.07, 6.45) is 1.38. The third-order valence-electron chi connectivity index (χ3n) is 3.11. The van der Waals surface area contributed by atoms with Gasteiger partial charge in [-0.25, -0.2) is 9.18 Å². The SMILES string of the molecule is COC(=O)c1c(N)c(C#N)cn1-c1c(C)cc(Br)c(F)c1Br. The van der Waals surface area contributed by atoms with E-state index in [-0.39, 0.29) is 25.9 Å². The van der Waals surface area contributed by atoms with Crippen molar-refractivity contribution < 1.29 is 13.9 Å². The Kier molecular flexibility index (Phi) is 4.58. The molecule has 2 rings (SSSR count). The van der Waals surface area contributed by atoms with Gasteiger partial charge in [-0.2, -0.15) is 5.26 Å². The first-order valence-electron chi connectivity index (χ1n) is 5.97. The highest BCUT2D eigenvalue weighted by Crippen LogP contribution is 2.35. The number of carbonyl (C=O) groups excluding carboxylic acids is 1. The first-order chi connectivity index (χ1) is 10.3. The van der Waals surface area contributed by atoms with Gasteiger partial charge in [-0.15, -0.1) is 0 Å². The smallest absolute Gasteiger partial charge is 0.357 e. The maximum atomic E-state index is 14.1. The number of aromatic nitrogens is 1. The van der Waals surface area contributed by atoms with Crippen LogP contribution in [0.25, 0.3) is 5.69 Å². The van der Waals surface area contributed by atoms with Gasteiger partial charge < -0.3 is 15.0 Å². The molecule has 114 valence electrons. The molecule has 1 heterocycles. The average Bonchev–Trinajstić information content (AvgIpc) is 2.80. The summed E-state index contributed by atoms with van der Waals surface area (Å²) in [6.45, 7) is 1.74. The van der Waals surface area contributed by atoms with Crippen molar-refractivity contribution in [2.75, 3.05) is 12.8 Å². The van der Waals surface area contributed by atoms with Crippen LogP contribution in [0.5, 0.6) is 0 Å². The fourth-order valence-corrected chi connectivity index (χ4v) is 3.62. The Morgan fingerprint density at radius 1 is 1.50 bits per heavy atom. The van der Waals surface area contributed by atoms with Gasteiger partial charge in [0.1, 0.15) is 6.07 Å². The molecule has 0 aliphatic heterocycles. The lowest BCUT2D eigenvalue weighted by Gasteiger charge is -2.14. The minimum Gasteiger partial charge on any atom is -0.464 e. The third kappa shape index (κ3) is 2.51. The molecule has 0 amide bonds. The minimum absolute atomic E-state index is 0.0102. The summed E-state index contributed by atoms with van der Waals surface area (Å²) >= 11 is 6.29. The van der Waals surface area contributed by atoms with Gasteiger partial charge in [-0.05, 0) is 50.4 Å². The monoisotopic (exact) mass is 429 g/mol. The highest BCUT2D eigenvalue weighted by Gasteiger charge is 2.25. The van der Waals surface area contributed by atoms with Gasteiger partial charge in [0, 0.05) is 6.20 Å². The molecule has 2 N–H and O–H groups in total. The van der Waals surface area contributed by atoms with Crippen LogP contribution in [0.3, 0.4) is 0 Å². The van der Waals surface area contributed by atoms with Gasteiger partial charge in [0.05, 0.1) is 33.0 Å². The summed E-state index contributed by atoms with van der Waals surface area (Å²) < 4.78 is 20.6. The van der Waals surface area contributed by atoms with Crippen molar-refractivity contribution in [2.45, 2.75) is 6.92 Å². The van der Waals surface area contributed by atoms with Crippen molar-refractivity contribution in [3.05, 3.63) is 43.8 Å². The van der Waals surface area contributed by atoms with Crippen LogP contribution in [-0.4, -0.2) is 17.6 Å². The number of carbonyl (C=O) groups is 1. The largest absolute Gasteiger partial charge is 0.464 e. The Labute approximate surface area is 142 Å². The van der Waals surface area contributed by atoms with E-state index in [1.165, 1.54) is 17.9 Å². The summed E-state index contributed by atoms with van der Waals surface area (Å²) in [5.41, 5.74) is 6.95. The standard InChI is InChI=1S/C14H10Br2FN3O2/c1-6-3-8(15)10(17)9(16)12(6)20-5-7(4-18)11(19)13(20)14(21)22-2/h3,5H,19H2,1-2H3. The van der Waals surface area contributed by atoms with E-state index in [0.717, 1.165) is 0 Å². The number of anilines is 1. The van der Waals surface area contributed by atoms with Gasteiger partial charge in [-0.3, -0.25) is 0 Å². The first-order valence-corrected chi connectivity index (χ1v) is 7.55. The summed E-state index contributed by atoms with van der Waals surface area (Å²) in [4.78, 5) is 12.0. The van der Waals surface area contributed by atoms with Crippen LogP contribution in [0.2, 0.25) is 0 Å². The van der Waals surface area contributed by atoms with Gasteiger partial charge in [0.15, 0.2) is 11.5 Å². The summed E-state index contributed by atoms with van der Waals surface area (Å²) in [5.74, 6) is -1.24. The molecule has 0 saturated carbocycles. The van der Waals surface area contributed by atoms with Gasteiger partial charge in [-0.1, -0.05) is 0 Å². The van der Waals surface area contributed by atoms with Crippen LogP contribution in [0.1, 0.15) is 21.6 Å². The molecule has 22 heavy (non-hydrogen) atoms. The molecule has 0 spiro atoms. The zero-order chi connectivity index (χ0) is 16.6. The Morgan fingerprint density at radius 3 is 2.68 bits per heavy atom. The van der Waals surface area contributed by atoms with Crippen molar-refractivity contribution in [2.24, 2.45) is 0 Å². The molecule has 0 aliphatic rings. The van der Waals surface area contributed by atoms with E-state index >= 15 is 0 Å². The lowest BCUT2D eigenvalue weighted by Crippen LogP contribution is -2.12. The number of nitrogen functional groups attached to an aromatic ring is 1. The zero-order valence-electron chi connectivity index (χ0n) is 11.6. The van der Waals surface area contributed by atoms with Crippen LogP contribution in [-0.2, 0) is 4.74 Å². The van der Waals surface area contributed by atoms with E-state index in [1.54, 1.807) is 13.0 Å². The van der Waals surface area contributed by atoms with Crippen molar-refractivity contribution in [1.29, 1.82) is 5.26 Å². The van der Waals surface area contributed by atoms with Crippen molar-refractivity contribution in [3.63, 3.8) is 0 Å². The number of nitrogens with zero attached hydrogens (tertiary/aromatic N) is 2. The Morgan fingerprint density at radius 2 is 2.14 bits per heavy atom. The quantitative estimate of drug-likeness (QED) is 0.581. The number of halogens is 3. The van der Waals surface area contributed by atoms with Crippen LogP contribution < -0.4 is 5.73 Å². The van der Waals surface area contributed by atoms with Crippen LogP contribution in [0.15, 0.2) is 21.2 Å². The number of methoxy groups -OCH3 is 1. The number of aryl methyl sites for hydroxylation is 1. The molecule has 2 aromatic rings. The second-order valence-corrected chi connectivity index (χ2v) is 6.08. The number of nitriles is 1. The van der Waals surface area contributed by atoms with Crippen molar-refractivity contribution in [1.82, 2.24) is 4.57 Å². The maximum Gasteiger partial charge on any atom is 0.357 e. The van der Waals surface area contributed by atoms with E-state index in [4.69, 9.17) is 15.7 Å². The molecule has 1 aromatic carbocycles. The van der Waals surface area contributed by atoms with Gasteiger partial charge in [0.25, 0.3) is 0 Å². The molecule has 0 aliphatic carbocycles. The molecule has 0 saturated heterocycles. The van der Waals surface area contributed by atoms with Crippen LogP contribution in [0.4, 0.5) is 10.1 Å². The molecule has 8 heteroatoms. The Balaban J connectivity index is 2.88. The summed E-state index contributed by atoms with van der Waals surface area (Å²) in [5, 5.41) is 9.11. The number of esters is 1. The van der Waals surface area contributed by atoms with E-state index in [1.807, 2.05) is 6.07 Å². The molecule has 0 unspecified atom stereocenters. The average molecular weight is 431 g/mol. The molecule has 0 fully saturated rings. The molecule has 5 nitrogen and oxygen atoms in total. The number of benzene rings is 1. The fraction of sp³-hybridized carbons (Fsp3) is 0.143. The number of nitrogens with two attached hydrogens (primary N) is 1. The van der Waals surface area contributed by atoms with E-state index in [9.17, 15) is 9.18 Å². The topological polar surface area (TPSA) is 81.0 Å². The number of ether oxygens (including phenoxy) is 1. The maximum absolute atomic E-state index is 14.1. The molecule has 1 aromatic heterocycles. The predicted octanol–water partition coefficient (Wildman–Crippen LogP) is 3.69. The van der Waals surface area contributed by atoms with Crippen molar-refractivity contribution >= 4 is 43.5 Å². The third-order valence-corrected chi connectivity index (χ3v) is 4.41. The molecule has 0 atom stereocenters. The minimum atomic E-state index is -0.714. The number of hydrogen-bond donors (Lipinski definition) is 1. The molecule has 0 radical (unpaired) electrons. The van der Waals surface area contributed by atoms with Crippen LogP contribution >= 0.6 is 31.9 Å². The fourth-order valence-electron chi connectivity index (χ4n) is 2.09.